The first-order valence-electron chi connectivity index (χ1n) is 10.2. The molecule has 0 amide bonds. The van der Waals surface area contributed by atoms with Crippen LogP contribution in [0.3, 0.4) is 0 Å². The van der Waals surface area contributed by atoms with E-state index in [1.165, 1.54) is 7.11 Å². The van der Waals surface area contributed by atoms with Crippen LogP contribution in [0.2, 0.25) is 0 Å². The number of ether oxygens (including phenoxy) is 1. The Morgan fingerprint density at radius 1 is 1.00 bits per heavy atom. The number of hydrogen-bond acceptors (Lipinski definition) is 7. The highest BCUT2D eigenvalue weighted by Gasteiger charge is 2.34. The van der Waals surface area contributed by atoms with Crippen LogP contribution in [0.25, 0.3) is 11.3 Å². The van der Waals surface area contributed by atoms with Gasteiger partial charge in [-0.05, 0) is 48.5 Å². The second-order valence-electron chi connectivity index (χ2n) is 7.37. The molecule has 2 aromatic carbocycles. The second-order valence-corrected chi connectivity index (χ2v) is 7.37. The number of benzene rings is 2. The van der Waals surface area contributed by atoms with Gasteiger partial charge in [0.1, 0.15) is 12.0 Å². The van der Waals surface area contributed by atoms with Gasteiger partial charge in [-0.25, -0.2) is 14.8 Å². The molecule has 7 nitrogen and oxygen atoms in total. The maximum atomic E-state index is 11.9. The predicted molar refractivity (Wildman–Crippen MR) is 125 cm³/mol. The van der Waals surface area contributed by atoms with Gasteiger partial charge in [-0.3, -0.25) is 4.90 Å². The van der Waals surface area contributed by atoms with Crippen molar-refractivity contribution in [3.8, 4) is 11.3 Å². The summed E-state index contributed by atoms with van der Waals surface area (Å²) in [5.74, 6) is 0.830. The number of fused-ring (bicyclic) bond motifs is 1. The average Bonchev–Trinajstić information content (AvgIpc) is 3.23. The standard InChI is InChI=1S/C25H21N5O2/c1-32-25(31)17-9-11-18(12-10-17)30-23(19-8-5-15-27-22(19)26)29-21-14-13-20(28-24(21)30)16-6-3-2-4-7-16/h2-15,23,29H,1H3,(H2,26,27). The van der Waals surface area contributed by atoms with Crippen molar-refractivity contribution in [2.75, 3.05) is 23.1 Å². The van der Waals surface area contributed by atoms with Crippen molar-refractivity contribution in [2.24, 2.45) is 0 Å². The molecule has 1 aliphatic rings. The van der Waals surface area contributed by atoms with E-state index in [0.29, 0.717) is 11.4 Å². The average molecular weight is 423 g/mol. The minimum atomic E-state index is -0.381. The van der Waals surface area contributed by atoms with Crippen LogP contribution in [0.1, 0.15) is 22.1 Å². The largest absolute Gasteiger partial charge is 0.465 e. The Balaban J connectivity index is 1.63. The number of methoxy groups -OCH3 is 1. The van der Waals surface area contributed by atoms with E-state index in [2.05, 4.69) is 15.2 Å². The monoisotopic (exact) mass is 423 g/mol. The molecule has 3 heterocycles. The van der Waals surface area contributed by atoms with Gasteiger partial charge in [-0.1, -0.05) is 30.3 Å². The van der Waals surface area contributed by atoms with Crippen LogP contribution in [-0.4, -0.2) is 23.0 Å². The van der Waals surface area contributed by atoms with Gasteiger partial charge in [-0.2, -0.15) is 0 Å². The molecule has 0 aliphatic carbocycles. The van der Waals surface area contributed by atoms with E-state index in [1.807, 2.05) is 66.7 Å². The van der Waals surface area contributed by atoms with Crippen LogP contribution in [-0.2, 0) is 4.74 Å². The lowest BCUT2D eigenvalue weighted by atomic mass is 10.1. The van der Waals surface area contributed by atoms with Crippen molar-refractivity contribution in [3.05, 3.63) is 96.2 Å². The highest BCUT2D eigenvalue weighted by molar-refractivity contribution is 5.90. The summed E-state index contributed by atoms with van der Waals surface area (Å²) < 4.78 is 4.83. The summed E-state index contributed by atoms with van der Waals surface area (Å²) in [5, 5.41) is 3.52. The molecule has 0 spiro atoms. The molecule has 2 aromatic heterocycles. The summed E-state index contributed by atoms with van der Waals surface area (Å²) in [6.07, 6.45) is 1.36. The lowest BCUT2D eigenvalue weighted by Gasteiger charge is -2.27. The number of aromatic nitrogens is 2. The number of pyridine rings is 2. The molecule has 1 unspecified atom stereocenters. The Morgan fingerprint density at radius 3 is 2.50 bits per heavy atom. The fraction of sp³-hybridized carbons (Fsp3) is 0.0800. The number of nitrogens with one attached hydrogen (secondary N) is 1. The molecule has 1 atom stereocenters. The first-order chi connectivity index (χ1) is 15.7. The number of hydrogen-bond donors (Lipinski definition) is 2. The van der Waals surface area contributed by atoms with Crippen molar-refractivity contribution in [1.29, 1.82) is 0 Å². The number of carbonyl (C=O) groups is 1. The van der Waals surface area contributed by atoms with Gasteiger partial charge in [0.15, 0.2) is 5.82 Å². The summed E-state index contributed by atoms with van der Waals surface area (Å²) in [6, 6.07) is 25.1. The van der Waals surface area contributed by atoms with Crippen LogP contribution in [0.15, 0.2) is 85.1 Å². The SMILES string of the molecule is COC(=O)c1ccc(N2c3nc(-c4ccccc4)ccc3NC2c2cccnc2N)cc1. The molecule has 158 valence electrons. The number of esters is 1. The highest BCUT2D eigenvalue weighted by Crippen LogP contribution is 2.46. The third kappa shape index (κ3) is 3.39. The van der Waals surface area contributed by atoms with Crippen LogP contribution in [0, 0.1) is 0 Å². The second kappa shape index (κ2) is 8.03. The van der Waals surface area contributed by atoms with E-state index in [-0.39, 0.29) is 12.1 Å². The number of rotatable bonds is 4. The Labute approximate surface area is 185 Å². The molecule has 0 saturated heterocycles. The van der Waals surface area contributed by atoms with Crippen molar-refractivity contribution < 1.29 is 9.53 Å². The van der Waals surface area contributed by atoms with E-state index in [0.717, 1.165) is 34.0 Å². The van der Waals surface area contributed by atoms with Gasteiger partial charge in [0.25, 0.3) is 0 Å². The minimum absolute atomic E-state index is 0.304. The highest BCUT2D eigenvalue weighted by atomic mass is 16.5. The summed E-state index contributed by atoms with van der Waals surface area (Å²) >= 11 is 0. The molecule has 3 N–H and O–H groups in total. The molecule has 7 heteroatoms. The van der Waals surface area contributed by atoms with Crippen LogP contribution < -0.4 is 16.0 Å². The summed E-state index contributed by atoms with van der Waals surface area (Å²) in [5.41, 5.74) is 11.2. The zero-order valence-electron chi connectivity index (χ0n) is 17.4. The van der Waals surface area contributed by atoms with Gasteiger partial charge < -0.3 is 15.8 Å². The summed E-state index contributed by atoms with van der Waals surface area (Å²) in [6.45, 7) is 0. The molecule has 32 heavy (non-hydrogen) atoms. The normalized spacial score (nSPS) is 14.5. The molecular weight excluding hydrogens is 402 g/mol. The number of nitrogens with two attached hydrogens (primary N) is 1. The third-order valence-corrected chi connectivity index (χ3v) is 5.46. The molecule has 0 saturated carbocycles. The zero-order chi connectivity index (χ0) is 22.1. The zero-order valence-corrected chi connectivity index (χ0v) is 17.4. The molecule has 0 fully saturated rings. The van der Waals surface area contributed by atoms with E-state index in [9.17, 15) is 4.79 Å². The van der Waals surface area contributed by atoms with Crippen molar-refractivity contribution >= 4 is 29.0 Å². The summed E-state index contributed by atoms with van der Waals surface area (Å²) in [4.78, 5) is 23.2. The fourth-order valence-corrected chi connectivity index (χ4v) is 3.87. The van der Waals surface area contributed by atoms with Gasteiger partial charge in [0, 0.05) is 23.0 Å². The van der Waals surface area contributed by atoms with E-state index in [1.54, 1.807) is 18.3 Å². The first-order valence-corrected chi connectivity index (χ1v) is 10.2. The number of anilines is 4. The van der Waals surface area contributed by atoms with Crippen LogP contribution in [0.5, 0.6) is 0 Å². The predicted octanol–water partition coefficient (Wildman–Crippen LogP) is 4.77. The minimum Gasteiger partial charge on any atom is -0.465 e. The molecular formula is C25H21N5O2. The maximum absolute atomic E-state index is 11.9. The lowest BCUT2D eigenvalue weighted by molar-refractivity contribution is 0.0601. The Bertz CT molecular complexity index is 1280. The van der Waals surface area contributed by atoms with Crippen molar-refractivity contribution in [2.45, 2.75) is 6.17 Å². The van der Waals surface area contributed by atoms with E-state index >= 15 is 0 Å². The number of nitrogens with zero attached hydrogens (tertiary/aromatic N) is 3. The van der Waals surface area contributed by atoms with Crippen molar-refractivity contribution in [1.82, 2.24) is 9.97 Å². The quantitative estimate of drug-likeness (QED) is 0.457. The van der Waals surface area contributed by atoms with Crippen LogP contribution >= 0.6 is 0 Å². The molecule has 5 rings (SSSR count). The van der Waals surface area contributed by atoms with E-state index in [4.69, 9.17) is 15.5 Å². The number of nitrogen functional groups attached to an aromatic ring is 1. The molecule has 0 bridgehead atoms. The Hall–Kier alpha value is -4.39. The Morgan fingerprint density at radius 2 is 1.78 bits per heavy atom. The fourth-order valence-electron chi connectivity index (χ4n) is 3.87. The van der Waals surface area contributed by atoms with Crippen LogP contribution in [0.4, 0.5) is 23.0 Å². The van der Waals surface area contributed by atoms with Gasteiger partial charge in [0.2, 0.25) is 0 Å². The maximum Gasteiger partial charge on any atom is 0.337 e. The van der Waals surface area contributed by atoms with Crippen molar-refractivity contribution in [3.63, 3.8) is 0 Å². The lowest BCUT2D eigenvalue weighted by Crippen LogP contribution is -2.25. The van der Waals surface area contributed by atoms with Gasteiger partial charge in [-0.15, -0.1) is 0 Å². The van der Waals surface area contributed by atoms with Gasteiger partial charge >= 0.3 is 5.97 Å². The van der Waals surface area contributed by atoms with E-state index < -0.39 is 0 Å². The van der Waals surface area contributed by atoms with Gasteiger partial charge in [0.05, 0.1) is 24.1 Å². The third-order valence-electron chi connectivity index (χ3n) is 5.46. The first kappa shape index (κ1) is 19.6. The molecule has 4 aromatic rings. The Kier molecular flexibility index (Phi) is 4.91. The smallest absolute Gasteiger partial charge is 0.337 e. The summed E-state index contributed by atoms with van der Waals surface area (Å²) in [7, 11) is 1.37. The molecule has 1 aliphatic heterocycles. The topological polar surface area (TPSA) is 93.4 Å². The molecule has 0 radical (unpaired) electrons. The number of carbonyl (C=O) groups excluding carboxylic acids is 1.